The maximum absolute atomic E-state index is 11.8. The highest BCUT2D eigenvalue weighted by Gasteiger charge is 2.55. The van der Waals surface area contributed by atoms with Crippen LogP contribution in [0.1, 0.15) is 17.7 Å². The first-order chi connectivity index (χ1) is 12.0. The van der Waals surface area contributed by atoms with Gasteiger partial charge in [-0.25, -0.2) is 0 Å². The van der Waals surface area contributed by atoms with Crippen LogP contribution in [0.3, 0.4) is 0 Å². The number of nitriles is 3. The Morgan fingerprint density at radius 3 is 2.64 bits per heavy atom. The molecule has 2 heterocycles. The second-order valence-electron chi connectivity index (χ2n) is 6.12. The van der Waals surface area contributed by atoms with Gasteiger partial charge >= 0.3 is 0 Å². The van der Waals surface area contributed by atoms with E-state index in [1.165, 1.54) is 18.3 Å². The van der Waals surface area contributed by atoms with E-state index in [0.717, 1.165) is 10.5 Å². The van der Waals surface area contributed by atoms with Gasteiger partial charge in [-0.2, -0.15) is 15.8 Å². The van der Waals surface area contributed by atoms with E-state index in [0.29, 0.717) is 13.1 Å². The number of carbonyl (C=O) groups is 1. The maximum atomic E-state index is 11.8. The third-order valence-electron chi connectivity index (χ3n) is 4.96. The van der Waals surface area contributed by atoms with Crippen molar-refractivity contribution in [3.8, 4) is 18.2 Å². The van der Waals surface area contributed by atoms with E-state index in [4.69, 9.17) is 5.73 Å². The fraction of sp³-hybridized carbons (Fsp3) is 0.333. The van der Waals surface area contributed by atoms with Crippen LogP contribution in [0.15, 0.2) is 40.4 Å². The van der Waals surface area contributed by atoms with Gasteiger partial charge in [0.15, 0.2) is 5.41 Å². The third kappa shape index (κ3) is 2.31. The standard InChI is InChI=1S/C18H15N5OS/c1-11(24)23-5-4-12-13(7-19)17(22)18(9-20,10-21)16(14(12)8-23)15-3-2-6-25-15/h2-4,6,14,16H,5,8,22H2,1H3/t14-,16-/m1/s1. The molecule has 1 aromatic heterocycles. The normalized spacial score (nSPS) is 24.4. The van der Waals surface area contributed by atoms with Gasteiger partial charge < -0.3 is 10.6 Å². The molecule has 1 aromatic rings. The van der Waals surface area contributed by atoms with Crippen LogP contribution in [0.5, 0.6) is 0 Å². The largest absolute Gasteiger partial charge is 0.399 e. The zero-order valence-corrected chi connectivity index (χ0v) is 14.4. The van der Waals surface area contributed by atoms with Gasteiger partial charge in [0.1, 0.15) is 6.07 Å². The first kappa shape index (κ1) is 16.8. The second-order valence-corrected chi connectivity index (χ2v) is 7.09. The van der Waals surface area contributed by atoms with Gasteiger partial charge in [0.05, 0.1) is 23.4 Å². The monoisotopic (exact) mass is 349 g/mol. The molecular formula is C18H15N5OS. The summed E-state index contributed by atoms with van der Waals surface area (Å²) in [6, 6.07) is 9.95. The Balaban J connectivity index is 2.29. The van der Waals surface area contributed by atoms with Crippen molar-refractivity contribution in [2.24, 2.45) is 17.1 Å². The Morgan fingerprint density at radius 2 is 2.12 bits per heavy atom. The first-order valence-electron chi connectivity index (χ1n) is 7.72. The van der Waals surface area contributed by atoms with Crippen molar-refractivity contribution < 1.29 is 4.79 Å². The van der Waals surface area contributed by atoms with Crippen molar-refractivity contribution in [1.82, 2.24) is 4.90 Å². The molecule has 0 spiro atoms. The quantitative estimate of drug-likeness (QED) is 0.832. The summed E-state index contributed by atoms with van der Waals surface area (Å²) in [7, 11) is 0. The fourth-order valence-electron chi connectivity index (χ4n) is 3.71. The Bertz CT molecular complexity index is 893. The third-order valence-corrected chi connectivity index (χ3v) is 5.91. The maximum Gasteiger partial charge on any atom is 0.219 e. The van der Waals surface area contributed by atoms with E-state index < -0.39 is 11.3 Å². The summed E-state index contributed by atoms with van der Waals surface area (Å²) in [5, 5.41) is 31.2. The fourth-order valence-corrected chi connectivity index (χ4v) is 4.67. The molecule has 1 amide bonds. The number of nitrogens with two attached hydrogens (primary N) is 1. The number of allylic oxidation sites excluding steroid dienone is 2. The van der Waals surface area contributed by atoms with Gasteiger partial charge in [-0.15, -0.1) is 11.3 Å². The van der Waals surface area contributed by atoms with Crippen LogP contribution in [0.2, 0.25) is 0 Å². The van der Waals surface area contributed by atoms with Crippen molar-refractivity contribution >= 4 is 17.2 Å². The molecule has 25 heavy (non-hydrogen) atoms. The van der Waals surface area contributed by atoms with Gasteiger partial charge in [0, 0.05) is 36.7 Å². The van der Waals surface area contributed by atoms with E-state index in [1.807, 2.05) is 23.6 Å². The number of amides is 1. The van der Waals surface area contributed by atoms with Crippen LogP contribution < -0.4 is 5.73 Å². The topological polar surface area (TPSA) is 118 Å². The zero-order chi connectivity index (χ0) is 18.2. The van der Waals surface area contributed by atoms with Crippen LogP contribution in [-0.4, -0.2) is 23.9 Å². The Hall–Kier alpha value is -3.08. The molecule has 2 N–H and O–H groups in total. The van der Waals surface area contributed by atoms with Crippen LogP contribution >= 0.6 is 11.3 Å². The molecule has 1 aliphatic carbocycles. The van der Waals surface area contributed by atoms with Crippen molar-refractivity contribution in [3.63, 3.8) is 0 Å². The van der Waals surface area contributed by atoms with Crippen LogP contribution in [0.4, 0.5) is 0 Å². The molecule has 6 nitrogen and oxygen atoms in total. The number of fused-ring (bicyclic) bond motifs is 1. The molecule has 3 rings (SSSR count). The molecule has 0 saturated heterocycles. The van der Waals surface area contributed by atoms with Gasteiger partial charge in [0.25, 0.3) is 0 Å². The summed E-state index contributed by atoms with van der Waals surface area (Å²) in [5.41, 5.74) is 5.50. The molecule has 0 saturated carbocycles. The summed E-state index contributed by atoms with van der Waals surface area (Å²) >= 11 is 1.44. The van der Waals surface area contributed by atoms with Gasteiger partial charge in [-0.1, -0.05) is 12.1 Å². The molecule has 0 fully saturated rings. The molecule has 0 unspecified atom stereocenters. The molecule has 0 radical (unpaired) electrons. The van der Waals surface area contributed by atoms with Crippen molar-refractivity contribution in [1.29, 1.82) is 15.8 Å². The molecule has 7 heteroatoms. The Labute approximate surface area is 149 Å². The summed E-state index contributed by atoms with van der Waals surface area (Å²) in [5.74, 6) is -0.925. The Morgan fingerprint density at radius 1 is 1.40 bits per heavy atom. The predicted molar refractivity (Wildman–Crippen MR) is 91.4 cm³/mol. The average molecular weight is 349 g/mol. The highest BCUT2D eigenvalue weighted by molar-refractivity contribution is 7.10. The van der Waals surface area contributed by atoms with Crippen molar-refractivity contribution in [2.75, 3.05) is 13.1 Å². The summed E-state index contributed by atoms with van der Waals surface area (Å²) in [6.45, 7) is 2.23. The van der Waals surface area contributed by atoms with E-state index >= 15 is 0 Å². The minimum atomic E-state index is -1.63. The van der Waals surface area contributed by atoms with Crippen LogP contribution in [0, 0.1) is 45.3 Å². The smallest absolute Gasteiger partial charge is 0.219 e. The van der Waals surface area contributed by atoms with Gasteiger partial charge in [-0.3, -0.25) is 4.79 Å². The van der Waals surface area contributed by atoms with E-state index in [2.05, 4.69) is 18.2 Å². The molecule has 0 aromatic carbocycles. The molecule has 0 bridgehead atoms. The number of carbonyl (C=O) groups excluding carboxylic acids is 1. The number of nitrogens with zero attached hydrogens (tertiary/aromatic N) is 4. The number of hydrogen-bond acceptors (Lipinski definition) is 6. The lowest BCUT2D eigenvalue weighted by molar-refractivity contribution is -0.129. The van der Waals surface area contributed by atoms with Crippen molar-refractivity contribution in [3.05, 3.63) is 45.3 Å². The minimum Gasteiger partial charge on any atom is -0.399 e. The van der Waals surface area contributed by atoms with Crippen molar-refractivity contribution in [2.45, 2.75) is 12.8 Å². The lowest BCUT2D eigenvalue weighted by atomic mass is 9.59. The van der Waals surface area contributed by atoms with E-state index in [1.54, 1.807) is 4.90 Å². The summed E-state index contributed by atoms with van der Waals surface area (Å²) in [4.78, 5) is 14.4. The lowest BCUT2D eigenvalue weighted by Crippen LogP contribution is -2.48. The highest BCUT2D eigenvalue weighted by atomic mass is 32.1. The second kappa shape index (κ2) is 6.09. The lowest BCUT2D eigenvalue weighted by Gasteiger charge is -2.44. The molecule has 124 valence electrons. The molecular weight excluding hydrogens is 334 g/mol. The highest BCUT2D eigenvalue weighted by Crippen LogP contribution is 2.54. The summed E-state index contributed by atoms with van der Waals surface area (Å²) in [6.07, 6.45) is 1.82. The average Bonchev–Trinajstić information content (AvgIpc) is 3.14. The molecule has 1 aliphatic heterocycles. The predicted octanol–water partition coefficient (Wildman–Crippen LogP) is 2.02. The zero-order valence-electron chi connectivity index (χ0n) is 13.6. The van der Waals surface area contributed by atoms with Gasteiger partial charge in [-0.05, 0) is 17.0 Å². The number of thiophene rings is 1. The van der Waals surface area contributed by atoms with Crippen LogP contribution in [-0.2, 0) is 4.79 Å². The van der Waals surface area contributed by atoms with Gasteiger partial charge in [0.2, 0.25) is 5.91 Å². The SMILES string of the molecule is CC(=O)N1CC=C2C(C#N)=C(N)C(C#N)(C#N)[C@@H](c3cccs3)[C@@H]2C1. The van der Waals surface area contributed by atoms with E-state index in [-0.39, 0.29) is 23.1 Å². The van der Waals surface area contributed by atoms with E-state index in [9.17, 15) is 20.6 Å². The van der Waals surface area contributed by atoms with Crippen LogP contribution in [0.25, 0.3) is 0 Å². The Kier molecular flexibility index (Phi) is 4.08. The number of hydrogen-bond donors (Lipinski definition) is 1. The summed E-state index contributed by atoms with van der Waals surface area (Å²) < 4.78 is 0. The minimum absolute atomic E-state index is 0.0113. The molecule has 2 atom stereocenters. The number of rotatable bonds is 1. The first-order valence-corrected chi connectivity index (χ1v) is 8.60. The molecule has 2 aliphatic rings.